The van der Waals surface area contributed by atoms with Crippen molar-refractivity contribution in [2.45, 2.75) is 19.4 Å². The number of aryl methyl sites for hydroxylation is 1. The molecule has 0 radical (unpaired) electrons. The van der Waals surface area contributed by atoms with Crippen molar-refractivity contribution in [1.29, 1.82) is 0 Å². The topological polar surface area (TPSA) is 46.0 Å². The van der Waals surface area contributed by atoms with Crippen LogP contribution < -0.4 is 0 Å². The molecule has 2 aromatic rings. The van der Waals surface area contributed by atoms with Crippen molar-refractivity contribution in [3.63, 3.8) is 0 Å². The fraction of sp³-hybridized carbons (Fsp3) is 0.273. The molecular weight excluding hydrogens is 244 g/mol. The van der Waals surface area contributed by atoms with Gasteiger partial charge in [-0.3, -0.25) is 4.98 Å². The molecular formula is C11H11ClN2OS. The third kappa shape index (κ3) is 2.58. The van der Waals surface area contributed by atoms with Crippen molar-refractivity contribution in [3.8, 4) is 0 Å². The van der Waals surface area contributed by atoms with Crippen LogP contribution in [0.4, 0.5) is 0 Å². The van der Waals surface area contributed by atoms with Crippen molar-refractivity contribution in [2.75, 3.05) is 0 Å². The predicted molar refractivity (Wildman–Crippen MR) is 64.8 cm³/mol. The Kier molecular flexibility index (Phi) is 3.53. The van der Waals surface area contributed by atoms with E-state index in [0.717, 1.165) is 10.7 Å². The highest BCUT2D eigenvalue weighted by Gasteiger charge is 2.13. The summed E-state index contributed by atoms with van der Waals surface area (Å²) in [5.74, 6) is 0. The minimum absolute atomic E-state index is 0.488. The monoisotopic (exact) mass is 254 g/mol. The average Bonchev–Trinajstić information content (AvgIpc) is 2.64. The number of hydrogen-bond donors (Lipinski definition) is 1. The molecule has 2 heterocycles. The van der Waals surface area contributed by atoms with Gasteiger partial charge >= 0.3 is 0 Å². The van der Waals surface area contributed by atoms with E-state index in [2.05, 4.69) is 9.97 Å². The van der Waals surface area contributed by atoms with Crippen molar-refractivity contribution in [1.82, 2.24) is 9.97 Å². The van der Waals surface area contributed by atoms with E-state index in [0.29, 0.717) is 17.0 Å². The zero-order chi connectivity index (χ0) is 11.5. The highest BCUT2D eigenvalue weighted by Crippen LogP contribution is 2.25. The van der Waals surface area contributed by atoms with Crippen LogP contribution in [0.5, 0.6) is 0 Å². The first-order valence-corrected chi connectivity index (χ1v) is 6.11. The molecule has 5 heteroatoms. The Hall–Kier alpha value is -0.970. The summed E-state index contributed by atoms with van der Waals surface area (Å²) in [6.07, 6.45) is 3.02. The van der Waals surface area contributed by atoms with Crippen LogP contribution in [0.3, 0.4) is 0 Å². The molecule has 0 saturated carbocycles. The smallest absolute Gasteiger partial charge is 0.0957 e. The van der Waals surface area contributed by atoms with Gasteiger partial charge in [0.2, 0.25) is 0 Å². The van der Waals surface area contributed by atoms with E-state index in [1.165, 1.54) is 6.20 Å². The summed E-state index contributed by atoms with van der Waals surface area (Å²) in [6, 6.07) is 1.73. The van der Waals surface area contributed by atoms with Crippen LogP contribution in [-0.4, -0.2) is 15.1 Å². The van der Waals surface area contributed by atoms with Crippen molar-refractivity contribution in [3.05, 3.63) is 45.1 Å². The van der Waals surface area contributed by atoms with Crippen LogP contribution in [0.1, 0.15) is 22.4 Å². The van der Waals surface area contributed by atoms with E-state index < -0.39 is 6.10 Å². The molecule has 3 nitrogen and oxygen atoms in total. The molecule has 2 aromatic heterocycles. The van der Waals surface area contributed by atoms with Crippen LogP contribution in [0.15, 0.2) is 23.8 Å². The summed E-state index contributed by atoms with van der Waals surface area (Å²) >= 11 is 7.50. The number of aliphatic hydroxyl groups excluding tert-OH is 1. The molecule has 1 unspecified atom stereocenters. The molecule has 1 N–H and O–H groups in total. The summed E-state index contributed by atoms with van der Waals surface area (Å²) in [5, 5.41) is 13.4. The number of thiazole rings is 1. The van der Waals surface area contributed by atoms with Crippen molar-refractivity contribution < 1.29 is 5.11 Å². The molecule has 0 fully saturated rings. The molecule has 0 aromatic carbocycles. The maximum absolute atomic E-state index is 10.0. The van der Waals surface area contributed by atoms with E-state index in [1.807, 2.05) is 12.3 Å². The summed E-state index contributed by atoms with van der Waals surface area (Å²) in [4.78, 5) is 8.19. The molecule has 0 amide bonds. The molecule has 0 saturated heterocycles. The first kappa shape index (κ1) is 11.5. The summed E-state index contributed by atoms with van der Waals surface area (Å²) in [6.45, 7) is 1.94. The van der Waals surface area contributed by atoms with Gasteiger partial charge in [0.15, 0.2) is 0 Å². The van der Waals surface area contributed by atoms with Gasteiger partial charge in [0.25, 0.3) is 0 Å². The van der Waals surface area contributed by atoms with E-state index >= 15 is 0 Å². The second-order valence-electron chi connectivity index (χ2n) is 3.50. The average molecular weight is 255 g/mol. The molecule has 1 atom stereocenters. The Morgan fingerprint density at radius 1 is 1.56 bits per heavy atom. The Balaban J connectivity index is 2.14. The van der Waals surface area contributed by atoms with Gasteiger partial charge in [0.1, 0.15) is 0 Å². The maximum Gasteiger partial charge on any atom is 0.0957 e. The zero-order valence-corrected chi connectivity index (χ0v) is 10.3. The summed E-state index contributed by atoms with van der Waals surface area (Å²) in [5.41, 5.74) is 1.68. The number of aromatic nitrogens is 2. The Morgan fingerprint density at radius 3 is 3.00 bits per heavy atom. The van der Waals surface area contributed by atoms with Crippen molar-refractivity contribution >= 4 is 22.9 Å². The van der Waals surface area contributed by atoms with Crippen LogP contribution >= 0.6 is 22.9 Å². The van der Waals surface area contributed by atoms with Gasteiger partial charge < -0.3 is 5.11 Å². The van der Waals surface area contributed by atoms with Gasteiger partial charge in [-0.05, 0) is 13.0 Å². The molecule has 0 bridgehead atoms. The van der Waals surface area contributed by atoms with E-state index in [9.17, 15) is 5.11 Å². The quantitative estimate of drug-likeness (QED) is 0.916. The normalized spacial score (nSPS) is 12.7. The van der Waals surface area contributed by atoms with Crippen LogP contribution in [0, 0.1) is 6.92 Å². The lowest BCUT2D eigenvalue weighted by Crippen LogP contribution is -2.02. The van der Waals surface area contributed by atoms with Gasteiger partial charge in [-0.2, -0.15) is 0 Å². The maximum atomic E-state index is 10.0. The molecule has 2 rings (SSSR count). The lowest BCUT2D eigenvalue weighted by atomic mass is 10.1. The Bertz CT molecular complexity index is 486. The van der Waals surface area contributed by atoms with E-state index in [1.54, 1.807) is 23.6 Å². The lowest BCUT2D eigenvalue weighted by molar-refractivity contribution is 0.178. The van der Waals surface area contributed by atoms with Gasteiger partial charge in [-0.1, -0.05) is 11.6 Å². The summed E-state index contributed by atoms with van der Waals surface area (Å²) < 4.78 is 0. The number of halogens is 1. The third-order valence-corrected chi connectivity index (χ3v) is 3.50. The Labute approximate surface area is 103 Å². The second kappa shape index (κ2) is 4.91. The molecule has 0 spiro atoms. The molecule has 0 aliphatic heterocycles. The second-order valence-corrected chi connectivity index (χ2v) is 4.85. The highest BCUT2D eigenvalue weighted by molar-refractivity contribution is 7.09. The molecule has 0 aliphatic carbocycles. The lowest BCUT2D eigenvalue weighted by Gasteiger charge is -2.10. The van der Waals surface area contributed by atoms with E-state index in [-0.39, 0.29) is 0 Å². The van der Waals surface area contributed by atoms with Gasteiger partial charge in [0, 0.05) is 35.5 Å². The largest absolute Gasteiger partial charge is 0.388 e. The van der Waals surface area contributed by atoms with Gasteiger partial charge in [-0.25, -0.2) is 4.98 Å². The van der Waals surface area contributed by atoms with Gasteiger partial charge in [-0.15, -0.1) is 11.3 Å². The third-order valence-electron chi connectivity index (χ3n) is 2.20. The number of rotatable bonds is 3. The number of nitrogens with zero attached hydrogens (tertiary/aromatic N) is 2. The number of pyridine rings is 1. The standard InChI is InChI=1S/C11H11ClN2OS/c1-7-6-16-11(14-7)4-10(15)8-2-3-13-5-9(8)12/h2-3,5-6,10,15H,4H2,1H3. The van der Waals surface area contributed by atoms with Crippen LogP contribution in [0.25, 0.3) is 0 Å². The first-order chi connectivity index (χ1) is 7.66. The summed E-state index contributed by atoms with van der Waals surface area (Å²) in [7, 11) is 0. The zero-order valence-electron chi connectivity index (χ0n) is 8.72. The minimum Gasteiger partial charge on any atom is -0.388 e. The minimum atomic E-state index is -0.624. The first-order valence-electron chi connectivity index (χ1n) is 4.85. The highest BCUT2D eigenvalue weighted by atomic mass is 35.5. The fourth-order valence-corrected chi connectivity index (χ4v) is 2.48. The molecule has 16 heavy (non-hydrogen) atoms. The van der Waals surface area contributed by atoms with Crippen LogP contribution in [0.2, 0.25) is 5.02 Å². The fourth-order valence-electron chi connectivity index (χ4n) is 1.43. The van der Waals surface area contributed by atoms with Gasteiger partial charge in [0.05, 0.1) is 16.1 Å². The van der Waals surface area contributed by atoms with E-state index in [4.69, 9.17) is 11.6 Å². The SMILES string of the molecule is Cc1csc(CC(O)c2ccncc2Cl)n1. The predicted octanol–water partition coefficient (Wildman–Crippen LogP) is 2.78. The Morgan fingerprint density at radius 2 is 2.38 bits per heavy atom. The van der Waals surface area contributed by atoms with Crippen LogP contribution in [-0.2, 0) is 6.42 Å². The number of aliphatic hydroxyl groups is 1. The van der Waals surface area contributed by atoms with Crippen molar-refractivity contribution in [2.24, 2.45) is 0 Å². The number of hydrogen-bond acceptors (Lipinski definition) is 4. The molecule has 0 aliphatic rings. The molecule has 84 valence electrons.